The summed E-state index contributed by atoms with van der Waals surface area (Å²) in [6, 6.07) is 11.5. The number of carbonyl (C=O) groups is 1. The molecule has 148 valence electrons. The van der Waals surface area contributed by atoms with Crippen LogP contribution in [0.15, 0.2) is 36.4 Å². The molecule has 0 aromatic heterocycles. The Morgan fingerprint density at radius 1 is 1.29 bits per heavy atom. The van der Waals surface area contributed by atoms with Crippen LogP contribution < -0.4 is 15.0 Å². The number of benzene rings is 2. The lowest BCUT2D eigenvalue weighted by Crippen LogP contribution is -2.54. The number of quaternary nitrogens is 1. The first-order chi connectivity index (χ1) is 13.1. The van der Waals surface area contributed by atoms with Gasteiger partial charge in [0.2, 0.25) is 0 Å². The largest absolute Gasteiger partial charge is 0.631 e. The molecule has 0 saturated carbocycles. The van der Waals surface area contributed by atoms with E-state index in [0.29, 0.717) is 12.3 Å². The number of likely N-dealkylation sites (tertiary alicyclic amines) is 1. The molecule has 2 aromatic rings. The first kappa shape index (κ1) is 18.8. The second kappa shape index (κ2) is 6.22. The number of fused-ring (bicyclic) bond motifs is 3. The van der Waals surface area contributed by atoms with Crippen LogP contribution in [0.5, 0.6) is 5.75 Å². The Balaban J connectivity index is 1.59. The molecule has 28 heavy (non-hydrogen) atoms. The molecule has 3 atom stereocenters. The minimum atomic E-state index is -0.513. The van der Waals surface area contributed by atoms with Gasteiger partial charge in [0.05, 0.1) is 19.0 Å². The van der Waals surface area contributed by atoms with Gasteiger partial charge in [-0.1, -0.05) is 18.2 Å². The number of hydrogen-bond donors (Lipinski definition) is 1. The molecule has 1 unspecified atom stereocenters. The number of para-hydroxylation sites is 1. The molecule has 0 bridgehead atoms. The lowest BCUT2D eigenvalue weighted by atomic mass is 9.81. The Kier molecular flexibility index (Phi) is 4.17. The number of amides is 1. The van der Waals surface area contributed by atoms with Crippen molar-refractivity contribution >= 4 is 17.5 Å². The fourth-order valence-corrected chi connectivity index (χ4v) is 5.10. The monoisotopic (exact) mass is 381 g/mol. The molecule has 1 saturated heterocycles. The number of hydrogen-bond acceptors (Lipinski definition) is 4. The summed E-state index contributed by atoms with van der Waals surface area (Å²) in [7, 11) is 3.72. The minimum Gasteiger partial charge on any atom is -0.631 e. The average Bonchev–Trinajstić information content (AvgIpc) is 3.00. The third kappa shape index (κ3) is 2.75. The number of nitrogens with zero attached hydrogens (tertiary/aromatic N) is 2. The normalized spacial score (nSPS) is 28.1. The van der Waals surface area contributed by atoms with Crippen LogP contribution in [0.2, 0.25) is 0 Å². The van der Waals surface area contributed by atoms with E-state index in [1.807, 2.05) is 51.2 Å². The van der Waals surface area contributed by atoms with E-state index in [4.69, 9.17) is 4.74 Å². The van der Waals surface area contributed by atoms with Crippen molar-refractivity contribution in [1.82, 2.24) is 0 Å². The quantitative estimate of drug-likeness (QED) is 0.622. The number of ether oxygens (including phenoxy) is 1. The highest BCUT2D eigenvalue weighted by Crippen LogP contribution is 2.54. The Hall–Kier alpha value is -2.57. The van der Waals surface area contributed by atoms with E-state index in [9.17, 15) is 10.0 Å². The molecule has 0 radical (unpaired) electrons. The molecule has 0 aliphatic carbocycles. The summed E-state index contributed by atoms with van der Waals surface area (Å²) in [4.78, 5) is 14.5. The highest BCUT2D eigenvalue weighted by molar-refractivity contribution is 5.88. The number of aryl methyl sites for hydroxylation is 2. The summed E-state index contributed by atoms with van der Waals surface area (Å²) in [6.45, 7) is 6.63. The van der Waals surface area contributed by atoms with Gasteiger partial charge in [-0.05, 0) is 55.7 Å². The fraction of sp³-hybridized carbons (Fsp3) is 0.409. The Morgan fingerprint density at radius 3 is 2.64 bits per heavy atom. The maximum atomic E-state index is 12.9. The molecule has 0 spiro atoms. The third-order valence-electron chi connectivity index (χ3n) is 6.41. The van der Waals surface area contributed by atoms with Gasteiger partial charge in [0, 0.05) is 24.8 Å². The molecule has 1 fully saturated rings. The van der Waals surface area contributed by atoms with Crippen molar-refractivity contribution in [2.24, 2.45) is 0 Å². The third-order valence-corrected chi connectivity index (χ3v) is 6.41. The summed E-state index contributed by atoms with van der Waals surface area (Å²) >= 11 is 0. The zero-order chi connectivity index (χ0) is 20.3. The van der Waals surface area contributed by atoms with Crippen molar-refractivity contribution in [1.29, 1.82) is 0 Å². The summed E-state index contributed by atoms with van der Waals surface area (Å²) in [6.07, 6.45) is 0.148. The van der Waals surface area contributed by atoms with Crippen molar-refractivity contribution in [3.63, 3.8) is 0 Å². The van der Waals surface area contributed by atoms with Crippen molar-refractivity contribution in [3.8, 4) is 5.75 Å². The van der Waals surface area contributed by atoms with E-state index in [1.54, 1.807) is 13.1 Å². The highest BCUT2D eigenvalue weighted by Gasteiger charge is 2.58. The smallest absolute Gasteiger partial charge is 0.417 e. The van der Waals surface area contributed by atoms with E-state index < -0.39 is 6.09 Å². The minimum absolute atomic E-state index is 0.152. The molecular weight excluding hydrogens is 354 g/mol. The van der Waals surface area contributed by atoms with Gasteiger partial charge in [0.1, 0.15) is 5.75 Å². The maximum Gasteiger partial charge on any atom is 0.417 e. The second-order valence-corrected chi connectivity index (χ2v) is 8.51. The van der Waals surface area contributed by atoms with Gasteiger partial charge in [-0.15, -0.1) is 0 Å². The van der Waals surface area contributed by atoms with Crippen LogP contribution in [0.3, 0.4) is 0 Å². The molecule has 1 amide bonds. The highest BCUT2D eigenvalue weighted by atomic mass is 16.6. The molecule has 6 nitrogen and oxygen atoms in total. The Bertz CT molecular complexity index is 936. The van der Waals surface area contributed by atoms with Crippen LogP contribution in [-0.2, 0) is 5.41 Å². The predicted molar refractivity (Wildman–Crippen MR) is 111 cm³/mol. The van der Waals surface area contributed by atoms with Gasteiger partial charge in [0.25, 0.3) is 0 Å². The zero-order valence-corrected chi connectivity index (χ0v) is 17.1. The van der Waals surface area contributed by atoms with Crippen LogP contribution in [0.25, 0.3) is 0 Å². The average molecular weight is 381 g/mol. The van der Waals surface area contributed by atoms with Crippen LogP contribution in [-0.4, -0.2) is 37.5 Å². The summed E-state index contributed by atoms with van der Waals surface area (Å²) in [5, 5.41) is 15.8. The summed E-state index contributed by atoms with van der Waals surface area (Å²) < 4.78 is 5.31. The molecule has 1 N–H and O–H groups in total. The first-order valence-corrected chi connectivity index (χ1v) is 9.62. The summed E-state index contributed by atoms with van der Waals surface area (Å²) in [5.41, 5.74) is 4.62. The van der Waals surface area contributed by atoms with Crippen LogP contribution in [0, 0.1) is 19.1 Å². The zero-order valence-electron chi connectivity index (χ0n) is 17.1. The van der Waals surface area contributed by atoms with Gasteiger partial charge in [0.15, 0.2) is 6.17 Å². The van der Waals surface area contributed by atoms with Crippen LogP contribution in [0.1, 0.15) is 30.0 Å². The van der Waals surface area contributed by atoms with E-state index in [2.05, 4.69) is 17.1 Å². The number of likely N-dealkylation sites (N-methyl/N-ethyl adjacent to an activating group) is 2. The Labute approximate surface area is 165 Å². The van der Waals surface area contributed by atoms with Crippen LogP contribution >= 0.6 is 0 Å². The van der Waals surface area contributed by atoms with E-state index >= 15 is 0 Å². The number of carbonyl (C=O) groups excluding carboxylic acids is 1. The van der Waals surface area contributed by atoms with Crippen molar-refractivity contribution < 1.29 is 14.2 Å². The summed E-state index contributed by atoms with van der Waals surface area (Å²) in [5.74, 6) is 0.491. The van der Waals surface area contributed by atoms with E-state index in [1.165, 1.54) is 0 Å². The topological polar surface area (TPSA) is 64.6 Å². The number of anilines is 2. The molecule has 4 rings (SSSR count). The van der Waals surface area contributed by atoms with Gasteiger partial charge in [-0.3, -0.25) is 5.32 Å². The maximum absolute atomic E-state index is 12.9. The lowest BCUT2D eigenvalue weighted by Gasteiger charge is -2.44. The number of hydroxylamine groups is 3. The van der Waals surface area contributed by atoms with Gasteiger partial charge in [-0.25, -0.2) is 4.79 Å². The van der Waals surface area contributed by atoms with Crippen LogP contribution in [0.4, 0.5) is 16.2 Å². The molecular formula is C22H27N3O3. The van der Waals surface area contributed by atoms with Crippen molar-refractivity contribution in [2.45, 2.75) is 38.8 Å². The standard InChI is InChI=1S/C22H27N3O3/c1-14-7-6-8-15(2)19(14)23-21(26)28-16-9-10-18-17(13-16)22(3)11-12-25(5,27)20(22)24(18)4/h6-10,13,20H,11-12H2,1-5H3,(H,23,26)/t20-,22-,25?/m0/s1. The number of rotatable bonds is 2. The predicted octanol–water partition coefficient (Wildman–Crippen LogP) is 4.30. The van der Waals surface area contributed by atoms with Gasteiger partial charge in [-0.2, -0.15) is 0 Å². The molecule has 6 heteroatoms. The van der Waals surface area contributed by atoms with Gasteiger partial charge < -0.3 is 19.5 Å². The SMILES string of the molecule is Cc1cccc(C)c1NC(=O)Oc1ccc2c(c1)[C@]1(C)CC[N+](C)([O-])[C@@H]1N2C. The lowest BCUT2D eigenvalue weighted by molar-refractivity contribution is -0.874. The number of nitrogens with one attached hydrogen (secondary N) is 1. The first-order valence-electron chi connectivity index (χ1n) is 9.62. The second-order valence-electron chi connectivity index (χ2n) is 8.51. The molecule has 2 aliphatic heterocycles. The van der Waals surface area contributed by atoms with Gasteiger partial charge >= 0.3 is 6.09 Å². The van der Waals surface area contributed by atoms with E-state index in [0.717, 1.165) is 34.5 Å². The molecule has 2 heterocycles. The fourth-order valence-electron chi connectivity index (χ4n) is 5.10. The molecule has 2 aliphatic rings. The van der Waals surface area contributed by atoms with E-state index in [-0.39, 0.29) is 16.2 Å². The Morgan fingerprint density at radius 2 is 1.96 bits per heavy atom. The van der Waals surface area contributed by atoms with Crippen molar-refractivity contribution in [2.75, 3.05) is 30.9 Å². The molecule has 2 aromatic carbocycles. The van der Waals surface area contributed by atoms with Crippen molar-refractivity contribution in [3.05, 3.63) is 58.3 Å².